The fourth-order valence-electron chi connectivity index (χ4n) is 3.10. The molecule has 1 fully saturated rings. The van der Waals surface area contributed by atoms with Crippen LogP contribution in [0.5, 0.6) is 0 Å². The molecular weight excluding hydrogens is 320 g/mol. The second-order valence-electron chi connectivity index (χ2n) is 5.95. The van der Waals surface area contributed by atoms with Crippen molar-refractivity contribution in [3.05, 3.63) is 53.8 Å². The normalized spacial score (nSPS) is 18.8. The first-order chi connectivity index (χ1) is 11.8. The van der Waals surface area contributed by atoms with E-state index in [1.165, 1.54) is 4.88 Å². The zero-order valence-electron chi connectivity index (χ0n) is 13.6. The van der Waals surface area contributed by atoms with E-state index in [-0.39, 0.29) is 0 Å². The molecule has 3 aromatic rings. The summed E-state index contributed by atoms with van der Waals surface area (Å²) in [6.45, 7) is 3.86. The van der Waals surface area contributed by atoms with E-state index in [4.69, 9.17) is 0 Å². The molecule has 1 aliphatic heterocycles. The standard InChI is InChI=1S/C17H20N6S/c1-22-8-7-20-16(22)15-11-19-6-9-23(15)12-14-10-21-17(24-14)13-2-4-18-5-3-13/h2-5,7-8,10,15,19H,6,9,11-12H2,1H3. The first-order valence-electron chi connectivity index (χ1n) is 8.08. The van der Waals surface area contributed by atoms with Gasteiger partial charge in [-0.15, -0.1) is 11.3 Å². The van der Waals surface area contributed by atoms with Gasteiger partial charge in [0.1, 0.15) is 10.8 Å². The lowest BCUT2D eigenvalue weighted by atomic mass is 10.1. The van der Waals surface area contributed by atoms with Gasteiger partial charge in [0.2, 0.25) is 0 Å². The molecule has 0 radical (unpaired) electrons. The van der Waals surface area contributed by atoms with Crippen molar-refractivity contribution in [2.45, 2.75) is 12.6 Å². The summed E-state index contributed by atoms with van der Waals surface area (Å²) < 4.78 is 2.11. The molecule has 24 heavy (non-hydrogen) atoms. The van der Waals surface area contributed by atoms with Crippen molar-refractivity contribution < 1.29 is 0 Å². The first kappa shape index (κ1) is 15.4. The maximum Gasteiger partial charge on any atom is 0.127 e. The van der Waals surface area contributed by atoms with Gasteiger partial charge in [-0.25, -0.2) is 9.97 Å². The van der Waals surface area contributed by atoms with Gasteiger partial charge in [0.05, 0.1) is 6.04 Å². The van der Waals surface area contributed by atoms with E-state index in [0.29, 0.717) is 6.04 Å². The molecular formula is C17H20N6S. The molecule has 0 aromatic carbocycles. The lowest BCUT2D eigenvalue weighted by Gasteiger charge is -2.35. The minimum atomic E-state index is 0.297. The molecule has 1 aliphatic rings. The van der Waals surface area contributed by atoms with E-state index in [2.05, 4.69) is 36.8 Å². The summed E-state index contributed by atoms with van der Waals surface area (Å²) in [6, 6.07) is 4.30. The molecule has 4 rings (SSSR count). The van der Waals surface area contributed by atoms with Gasteiger partial charge < -0.3 is 9.88 Å². The third-order valence-electron chi connectivity index (χ3n) is 4.35. The molecule has 1 unspecified atom stereocenters. The maximum absolute atomic E-state index is 4.58. The van der Waals surface area contributed by atoms with E-state index in [0.717, 1.165) is 42.6 Å². The lowest BCUT2D eigenvalue weighted by molar-refractivity contribution is 0.146. The van der Waals surface area contributed by atoms with Crippen LogP contribution in [0.15, 0.2) is 43.1 Å². The molecule has 0 aliphatic carbocycles. The smallest absolute Gasteiger partial charge is 0.127 e. The van der Waals surface area contributed by atoms with E-state index in [1.807, 2.05) is 43.1 Å². The molecule has 124 valence electrons. The number of hydrogen-bond donors (Lipinski definition) is 1. The molecule has 0 saturated carbocycles. The number of piperazine rings is 1. The van der Waals surface area contributed by atoms with Gasteiger partial charge in [-0.05, 0) is 12.1 Å². The minimum absolute atomic E-state index is 0.297. The number of pyridine rings is 1. The molecule has 0 bridgehead atoms. The van der Waals surface area contributed by atoms with Gasteiger partial charge in [-0.1, -0.05) is 0 Å². The van der Waals surface area contributed by atoms with E-state index in [1.54, 1.807) is 11.3 Å². The van der Waals surface area contributed by atoms with Gasteiger partial charge >= 0.3 is 0 Å². The van der Waals surface area contributed by atoms with Crippen LogP contribution in [0.1, 0.15) is 16.7 Å². The van der Waals surface area contributed by atoms with Crippen LogP contribution >= 0.6 is 11.3 Å². The van der Waals surface area contributed by atoms with Gasteiger partial charge in [0.15, 0.2) is 0 Å². The Morgan fingerprint density at radius 2 is 2.12 bits per heavy atom. The summed E-state index contributed by atoms with van der Waals surface area (Å²) in [5, 5.41) is 4.53. The Balaban J connectivity index is 1.53. The quantitative estimate of drug-likeness (QED) is 0.788. The SMILES string of the molecule is Cn1ccnc1C1CNCCN1Cc1cnc(-c2ccncc2)s1. The number of nitrogens with zero attached hydrogens (tertiary/aromatic N) is 5. The Morgan fingerprint density at radius 3 is 2.92 bits per heavy atom. The van der Waals surface area contributed by atoms with E-state index in [9.17, 15) is 0 Å². The average Bonchev–Trinajstić information content (AvgIpc) is 3.25. The number of imidazole rings is 1. The van der Waals surface area contributed by atoms with Crippen LogP contribution in [0, 0.1) is 0 Å². The van der Waals surface area contributed by atoms with Crippen molar-refractivity contribution in [3.63, 3.8) is 0 Å². The molecule has 1 saturated heterocycles. The van der Waals surface area contributed by atoms with Crippen molar-refractivity contribution in [2.75, 3.05) is 19.6 Å². The van der Waals surface area contributed by atoms with Crippen molar-refractivity contribution in [1.29, 1.82) is 0 Å². The number of nitrogens with one attached hydrogen (secondary N) is 1. The summed E-state index contributed by atoms with van der Waals surface area (Å²) in [7, 11) is 2.06. The van der Waals surface area contributed by atoms with E-state index < -0.39 is 0 Å². The molecule has 0 spiro atoms. The third-order valence-corrected chi connectivity index (χ3v) is 5.38. The van der Waals surface area contributed by atoms with Crippen LogP contribution in [-0.4, -0.2) is 44.1 Å². The summed E-state index contributed by atoms with van der Waals surface area (Å²) in [5.41, 5.74) is 1.13. The number of aryl methyl sites for hydroxylation is 1. The predicted octanol–water partition coefficient (Wildman–Crippen LogP) is 2.09. The van der Waals surface area contributed by atoms with E-state index >= 15 is 0 Å². The molecule has 7 heteroatoms. The monoisotopic (exact) mass is 340 g/mol. The van der Waals surface area contributed by atoms with Crippen LogP contribution in [0.3, 0.4) is 0 Å². The Kier molecular flexibility index (Phi) is 4.38. The Labute approximate surface area is 145 Å². The Bertz CT molecular complexity index is 796. The van der Waals surface area contributed by atoms with Gasteiger partial charge in [-0.3, -0.25) is 9.88 Å². The summed E-state index contributed by atoms with van der Waals surface area (Å²) in [6.07, 6.45) is 9.50. The maximum atomic E-state index is 4.58. The highest BCUT2D eigenvalue weighted by atomic mass is 32.1. The molecule has 6 nitrogen and oxygen atoms in total. The molecule has 1 atom stereocenters. The zero-order chi connectivity index (χ0) is 16.4. The van der Waals surface area contributed by atoms with Crippen molar-refractivity contribution in [1.82, 2.24) is 29.7 Å². The first-order valence-corrected chi connectivity index (χ1v) is 8.90. The summed E-state index contributed by atoms with van der Waals surface area (Å²) in [5.74, 6) is 1.11. The summed E-state index contributed by atoms with van der Waals surface area (Å²) >= 11 is 1.75. The highest BCUT2D eigenvalue weighted by molar-refractivity contribution is 7.15. The largest absolute Gasteiger partial charge is 0.337 e. The summed E-state index contributed by atoms with van der Waals surface area (Å²) in [4.78, 5) is 17.0. The minimum Gasteiger partial charge on any atom is -0.337 e. The topological polar surface area (TPSA) is 58.9 Å². The molecule has 3 aromatic heterocycles. The van der Waals surface area contributed by atoms with Crippen LogP contribution in [0.2, 0.25) is 0 Å². The zero-order valence-corrected chi connectivity index (χ0v) is 14.4. The van der Waals surface area contributed by atoms with Crippen LogP contribution in [0.4, 0.5) is 0 Å². The predicted molar refractivity (Wildman–Crippen MR) is 94.6 cm³/mol. The van der Waals surface area contributed by atoms with Gasteiger partial charge in [0.25, 0.3) is 0 Å². The van der Waals surface area contributed by atoms with Crippen molar-refractivity contribution in [3.8, 4) is 10.6 Å². The van der Waals surface area contributed by atoms with Gasteiger partial charge in [-0.2, -0.15) is 0 Å². The molecule has 4 heterocycles. The van der Waals surface area contributed by atoms with Crippen LogP contribution < -0.4 is 5.32 Å². The Hall–Kier alpha value is -2.09. The number of hydrogen-bond acceptors (Lipinski definition) is 6. The number of rotatable bonds is 4. The third kappa shape index (κ3) is 3.10. The number of aromatic nitrogens is 4. The van der Waals surface area contributed by atoms with Gasteiger partial charge in [0, 0.05) is 74.7 Å². The second-order valence-corrected chi connectivity index (χ2v) is 7.07. The van der Waals surface area contributed by atoms with Crippen LogP contribution in [-0.2, 0) is 13.6 Å². The highest BCUT2D eigenvalue weighted by Gasteiger charge is 2.27. The average molecular weight is 340 g/mol. The molecule has 1 N–H and O–H groups in total. The van der Waals surface area contributed by atoms with Crippen LogP contribution in [0.25, 0.3) is 10.6 Å². The lowest BCUT2D eigenvalue weighted by Crippen LogP contribution is -2.46. The molecule has 0 amide bonds. The Morgan fingerprint density at radius 1 is 1.25 bits per heavy atom. The highest BCUT2D eigenvalue weighted by Crippen LogP contribution is 2.28. The second kappa shape index (κ2) is 6.80. The van der Waals surface area contributed by atoms with Crippen molar-refractivity contribution in [2.24, 2.45) is 7.05 Å². The fraction of sp³-hybridized carbons (Fsp3) is 0.353. The van der Waals surface area contributed by atoms with Crippen molar-refractivity contribution >= 4 is 11.3 Å². The fourth-order valence-corrected chi connectivity index (χ4v) is 4.04. The number of thiazole rings is 1.